The van der Waals surface area contributed by atoms with Crippen LogP contribution in [0.15, 0.2) is 59.6 Å². The van der Waals surface area contributed by atoms with Crippen LogP contribution in [0.25, 0.3) is 5.82 Å². The molecule has 2 aromatic heterocycles. The summed E-state index contributed by atoms with van der Waals surface area (Å²) in [5.41, 5.74) is -1.55. The van der Waals surface area contributed by atoms with Crippen LogP contribution < -0.4 is 14.4 Å². The number of alkyl halides is 3. The molecule has 9 nitrogen and oxygen atoms in total. The van der Waals surface area contributed by atoms with Crippen LogP contribution in [-0.2, 0) is 10.0 Å². The summed E-state index contributed by atoms with van der Waals surface area (Å²) < 4.78 is 75.1. The van der Waals surface area contributed by atoms with Gasteiger partial charge in [-0.1, -0.05) is 44.8 Å². The summed E-state index contributed by atoms with van der Waals surface area (Å²) in [5, 5.41) is 4.08. The highest BCUT2D eigenvalue weighted by Crippen LogP contribution is 2.59. The number of rotatable bonds is 10. The molecule has 2 atom stereocenters. The van der Waals surface area contributed by atoms with Gasteiger partial charge in [0, 0.05) is 24.0 Å². The van der Waals surface area contributed by atoms with E-state index >= 15 is 0 Å². The Balaban J connectivity index is 1.46. The largest absolute Gasteiger partial charge is 0.477 e. The van der Waals surface area contributed by atoms with E-state index < -0.39 is 35.6 Å². The molecule has 1 amide bonds. The lowest BCUT2D eigenvalue weighted by atomic mass is 10.0. The van der Waals surface area contributed by atoms with E-state index in [-0.39, 0.29) is 47.4 Å². The van der Waals surface area contributed by atoms with Gasteiger partial charge in [0.25, 0.3) is 15.9 Å². The summed E-state index contributed by atoms with van der Waals surface area (Å²) in [7, 11) is -6.05. The molecule has 2 fully saturated rings. The van der Waals surface area contributed by atoms with Crippen LogP contribution in [0.3, 0.4) is 0 Å². The zero-order chi connectivity index (χ0) is 32.1. The quantitative estimate of drug-likeness (QED) is 0.270. The Hall–Kier alpha value is -3.39. The highest BCUT2D eigenvalue weighted by Gasteiger charge is 2.62. The molecule has 1 aliphatic heterocycles. The first-order valence-electron chi connectivity index (χ1n) is 14.6. The molecule has 0 bridgehead atoms. The maximum Gasteiger partial charge on any atom is 0.394 e. The van der Waals surface area contributed by atoms with E-state index in [4.69, 9.17) is 9.72 Å². The topological polar surface area (TPSA) is 106 Å². The first-order valence-corrected chi connectivity index (χ1v) is 19.6. The van der Waals surface area contributed by atoms with Gasteiger partial charge in [-0.15, -0.1) is 5.10 Å². The van der Waals surface area contributed by atoms with Gasteiger partial charge in [-0.05, 0) is 62.8 Å². The summed E-state index contributed by atoms with van der Waals surface area (Å²) in [6.45, 7) is 11.6. The molecule has 14 heteroatoms. The monoisotopic (exact) mass is 649 g/mol. The maximum absolute atomic E-state index is 13.6. The standard InChI is InChI=1S/C30H38F3N5O4SSi/c1-21-19-28(2,44(3,4)5)37(20-21)26-23(27(39)36-43(40,41)22-9-7-6-8-10-22)11-12-24(34-26)38-17-13-25(35-38)42-18-16-29(14-15-29)30(31,32)33/h6-13,17,21H,14-16,18-20H2,1-5H3,(H,36,39). The van der Waals surface area contributed by atoms with Crippen molar-refractivity contribution in [1.29, 1.82) is 0 Å². The number of nitrogens with zero attached hydrogens (tertiary/aromatic N) is 4. The van der Waals surface area contributed by atoms with Crippen LogP contribution >= 0.6 is 0 Å². The minimum atomic E-state index is -4.25. The van der Waals surface area contributed by atoms with E-state index in [1.54, 1.807) is 36.5 Å². The normalized spacial score (nSPS) is 21.7. The van der Waals surface area contributed by atoms with Crippen molar-refractivity contribution in [2.24, 2.45) is 11.3 Å². The Labute approximate surface area is 256 Å². The van der Waals surface area contributed by atoms with Crippen molar-refractivity contribution in [2.45, 2.75) is 75.4 Å². The summed E-state index contributed by atoms with van der Waals surface area (Å²) in [6.07, 6.45) is -1.69. The number of sulfonamides is 1. The second-order valence-corrected chi connectivity index (χ2v) is 20.5. The van der Waals surface area contributed by atoms with Crippen molar-refractivity contribution in [3.05, 3.63) is 60.3 Å². The van der Waals surface area contributed by atoms with Crippen molar-refractivity contribution < 1.29 is 31.1 Å². The molecule has 1 aromatic carbocycles. The maximum atomic E-state index is 13.6. The minimum Gasteiger partial charge on any atom is -0.477 e. The van der Waals surface area contributed by atoms with Gasteiger partial charge in [0.05, 0.1) is 30.6 Å². The molecule has 3 heterocycles. The fourth-order valence-electron chi connectivity index (χ4n) is 5.87. The average molecular weight is 650 g/mol. The first kappa shape index (κ1) is 32.0. The number of amides is 1. The third kappa shape index (κ3) is 6.10. The highest BCUT2D eigenvalue weighted by atomic mass is 32.2. The van der Waals surface area contributed by atoms with Crippen LogP contribution in [0.4, 0.5) is 19.0 Å². The lowest BCUT2D eigenvalue weighted by molar-refractivity contribution is -0.190. The Morgan fingerprint density at radius 3 is 2.41 bits per heavy atom. The van der Waals surface area contributed by atoms with E-state index in [0.29, 0.717) is 24.1 Å². The number of pyridine rings is 1. The zero-order valence-corrected chi connectivity index (χ0v) is 27.3. The Kier molecular flexibility index (Phi) is 8.15. The molecule has 5 rings (SSSR count). The van der Waals surface area contributed by atoms with Crippen molar-refractivity contribution in [2.75, 3.05) is 18.1 Å². The van der Waals surface area contributed by atoms with Gasteiger partial charge in [0.1, 0.15) is 5.82 Å². The fourth-order valence-corrected chi connectivity index (χ4v) is 8.83. The zero-order valence-electron chi connectivity index (χ0n) is 25.5. The van der Waals surface area contributed by atoms with Crippen LogP contribution in [0.2, 0.25) is 19.6 Å². The van der Waals surface area contributed by atoms with Crippen molar-refractivity contribution in [3.8, 4) is 11.7 Å². The van der Waals surface area contributed by atoms with Crippen LogP contribution in [-0.4, -0.2) is 61.7 Å². The SMILES string of the molecule is CC1CN(c2nc(-n3ccc(OCCC4(C(F)(F)F)CC4)n3)ccc2C(=O)NS(=O)(=O)c2ccccc2)C(C)([Si](C)(C)C)C1. The molecule has 2 aliphatic rings. The highest BCUT2D eigenvalue weighted by molar-refractivity contribution is 7.90. The molecule has 44 heavy (non-hydrogen) atoms. The van der Waals surface area contributed by atoms with Gasteiger partial charge < -0.3 is 9.64 Å². The smallest absolute Gasteiger partial charge is 0.394 e. The molecular formula is C30H38F3N5O4SSi. The molecule has 1 saturated heterocycles. The summed E-state index contributed by atoms with van der Waals surface area (Å²) in [4.78, 5) is 20.6. The number of hydrogen-bond donors (Lipinski definition) is 1. The van der Waals surface area contributed by atoms with E-state index in [1.807, 2.05) is 0 Å². The van der Waals surface area contributed by atoms with Crippen LogP contribution in [0, 0.1) is 11.3 Å². The number of carbonyl (C=O) groups is 1. The Morgan fingerprint density at radius 2 is 1.80 bits per heavy atom. The molecular weight excluding hydrogens is 612 g/mol. The van der Waals surface area contributed by atoms with E-state index in [9.17, 15) is 26.4 Å². The number of hydrogen-bond acceptors (Lipinski definition) is 7. The van der Waals surface area contributed by atoms with Crippen LogP contribution in [0.1, 0.15) is 49.9 Å². The van der Waals surface area contributed by atoms with E-state index in [0.717, 1.165) is 6.42 Å². The number of benzene rings is 1. The number of halogens is 3. The van der Waals surface area contributed by atoms with Crippen molar-refractivity contribution in [3.63, 3.8) is 0 Å². The molecule has 1 aliphatic carbocycles. The van der Waals surface area contributed by atoms with Crippen molar-refractivity contribution in [1.82, 2.24) is 19.5 Å². The summed E-state index contributed by atoms with van der Waals surface area (Å²) in [6, 6.07) is 12.3. The molecule has 1 saturated carbocycles. The third-order valence-electron chi connectivity index (χ3n) is 9.18. The number of nitrogens with one attached hydrogen (secondary N) is 1. The Bertz CT molecular complexity index is 1640. The van der Waals surface area contributed by atoms with Crippen molar-refractivity contribution >= 4 is 29.8 Å². The predicted molar refractivity (Wildman–Crippen MR) is 163 cm³/mol. The lowest BCUT2D eigenvalue weighted by Crippen LogP contribution is -2.59. The van der Waals surface area contributed by atoms with Crippen LogP contribution in [0.5, 0.6) is 5.88 Å². The number of aromatic nitrogens is 3. The molecule has 0 spiro atoms. The molecule has 3 aromatic rings. The van der Waals surface area contributed by atoms with Gasteiger partial charge in [0.2, 0.25) is 5.88 Å². The summed E-state index contributed by atoms with van der Waals surface area (Å²) >= 11 is 0. The average Bonchev–Trinajstić information content (AvgIpc) is 3.48. The molecule has 0 radical (unpaired) electrons. The first-order chi connectivity index (χ1) is 20.5. The number of carbonyl (C=O) groups excluding carboxylic acids is 1. The minimum absolute atomic E-state index is 0.0341. The molecule has 1 N–H and O–H groups in total. The number of ether oxygens (including phenoxy) is 1. The van der Waals surface area contributed by atoms with E-state index in [2.05, 4.69) is 48.2 Å². The van der Waals surface area contributed by atoms with Gasteiger partial charge in [0.15, 0.2) is 5.82 Å². The predicted octanol–water partition coefficient (Wildman–Crippen LogP) is 5.98. The summed E-state index contributed by atoms with van der Waals surface area (Å²) in [5.74, 6) is 0.352. The second-order valence-electron chi connectivity index (χ2n) is 13.2. The van der Waals surface area contributed by atoms with Gasteiger partial charge >= 0.3 is 6.18 Å². The Morgan fingerprint density at radius 1 is 1.11 bits per heavy atom. The number of anilines is 1. The van der Waals surface area contributed by atoms with E-state index in [1.165, 1.54) is 22.9 Å². The lowest BCUT2D eigenvalue weighted by Gasteiger charge is -2.45. The van der Waals surface area contributed by atoms with Gasteiger partial charge in [-0.25, -0.2) is 22.8 Å². The van der Waals surface area contributed by atoms with Gasteiger partial charge in [-0.3, -0.25) is 4.79 Å². The fraction of sp³-hybridized carbons (Fsp3) is 0.500. The van der Waals surface area contributed by atoms with Gasteiger partial charge in [-0.2, -0.15) is 13.2 Å². The molecule has 238 valence electrons. The molecule has 2 unspecified atom stereocenters. The second kappa shape index (κ2) is 11.2. The third-order valence-corrected chi connectivity index (χ3v) is 14.2.